The van der Waals surface area contributed by atoms with E-state index in [1.807, 2.05) is 0 Å². The summed E-state index contributed by atoms with van der Waals surface area (Å²) >= 11 is 0. The van der Waals surface area contributed by atoms with Crippen molar-refractivity contribution < 1.29 is 31.9 Å². The molecule has 2 aromatic rings. The van der Waals surface area contributed by atoms with Crippen LogP contribution < -0.4 is 5.32 Å². The molecule has 0 saturated carbocycles. The maximum absolute atomic E-state index is 12.5. The first-order chi connectivity index (χ1) is 12.0. The molecule has 0 fully saturated rings. The van der Waals surface area contributed by atoms with E-state index in [1.54, 1.807) is 20.8 Å². The smallest absolute Gasteiger partial charge is 0.416 e. The molecular weight excluding hydrogens is 351 g/mol. The number of rotatable bonds is 4. The van der Waals surface area contributed by atoms with E-state index in [1.165, 1.54) is 6.92 Å². The quantitative estimate of drug-likeness (QED) is 0.811. The lowest BCUT2D eigenvalue weighted by Gasteiger charge is -2.14. The van der Waals surface area contributed by atoms with Crippen molar-refractivity contribution in [2.75, 3.05) is 5.32 Å². The summed E-state index contributed by atoms with van der Waals surface area (Å²) in [6.07, 6.45) is -5.59. The molecule has 2 rings (SSSR count). The van der Waals surface area contributed by atoms with E-state index in [9.17, 15) is 22.8 Å². The molecule has 1 aromatic heterocycles. The average Bonchev–Trinajstić information content (AvgIpc) is 2.79. The van der Waals surface area contributed by atoms with E-state index in [4.69, 9.17) is 9.15 Å². The minimum atomic E-state index is -4.45. The van der Waals surface area contributed by atoms with Crippen molar-refractivity contribution in [2.45, 2.75) is 40.0 Å². The summed E-state index contributed by atoms with van der Waals surface area (Å²) in [7, 11) is 0. The molecule has 0 aliphatic rings. The first-order valence-electron chi connectivity index (χ1n) is 7.76. The average molecular weight is 369 g/mol. The van der Waals surface area contributed by atoms with Crippen LogP contribution in [0.3, 0.4) is 0 Å². The zero-order valence-corrected chi connectivity index (χ0v) is 14.7. The predicted molar refractivity (Wildman–Crippen MR) is 87.9 cm³/mol. The molecule has 0 unspecified atom stereocenters. The number of anilines is 1. The largest absolute Gasteiger partial charge is 0.465 e. The second-order valence-corrected chi connectivity index (χ2v) is 5.83. The fraction of sp³-hybridized carbons (Fsp3) is 0.333. The lowest BCUT2D eigenvalue weighted by atomic mass is 10.1. The third kappa shape index (κ3) is 4.25. The highest BCUT2D eigenvalue weighted by atomic mass is 19.4. The molecule has 0 aliphatic heterocycles. The van der Waals surface area contributed by atoms with Crippen LogP contribution in [0, 0.1) is 20.8 Å². The Balaban J connectivity index is 2.02. The fourth-order valence-corrected chi connectivity index (χ4v) is 2.35. The maximum Gasteiger partial charge on any atom is 0.416 e. The number of ether oxygens (including phenoxy) is 1. The molecule has 0 saturated heterocycles. The van der Waals surface area contributed by atoms with Crippen molar-refractivity contribution >= 4 is 17.6 Å². The van der Waals surface area contributed by atoms with Crippen LogP contribution >= 0.6 is 0 Å². The van der Waals surface area contributed by atoms with E-state index >= 15 is 0 Å². The third-order valence-corrected chi connectivity index (χ3v) is 3.90. The van der Waals surface area contributed by atoms with E-state index in [0.29, 0.717) is 17.1 Å². The summed E-state index contributed by atoms with van der Waals surface area (Å²) in [6, 6.07) is 3.96. The number of amides is 1. The van der Waals surface area contributed by atoms with Crippen molar-refractivity contribution in [1.29, 1.82) is 0 Å². The summed E-state index contributed by atoms with van der Waals surface area (Å²) in [4.78, 5) is 24.3. The Morgan fingerprint density at radius 2 is 1.65 bits per heavy atom. The normalized spacial score (nSPS) is 12.6. The summed E-state index contributed by atoms with van der Waals surface area (Å²) in [5, 5.41) is 2.40. The highest BCUT2D eigenvalue weighted by molar-refractivity contribution is 5.98. The van der Waals surface area contributed by atoms with Gasteiger partial charge in [0.15, 0.2) is 6.10 Å². The van der Waals surface area contributed by atoms with Gasteiger partial charge in [-0.1, -0.05) is 0 Å². The Labute approximate surface area is 148 Å². The van der Waals surface area contributed by atoms with Gasteiger partial charge in [-0.2, -0.15) is 13.2 Å². The molecule has 8 heteroatoms. The van der Waals surface area contributed by atoms with Crippen LogP contribution in [0.5, 0.6) is 0 Å². The van der Waals surface area contributed by atoms with Crippen LogP contribution in [-0.2, 0) is 15.7 Å². The number of carbonyl (C=O) groups is 2. The van der Waals surface area contributed by atoms with Gasteiger partial charge in [-0.25, -0.2) is 4.79 Å². The highest BCUT2D eigenvalue weighted by Gasteiger charge is 2.30. The summed E-state index contributed by atoms with van der Waals surface area (Å²) in [6.45, 7) is 6.40. The number of alkyl halides is 3. The summed E-state index contributed by atoms with van der Waals surface area (Å²) in [5.74, 6) is -0.391. The molecule has 1 aromatic carbocycles. The molecule has 5 nitrogen and oxygen atoms in total. The Kier molecular flexibility index (Phi) is 5.44. The second kappa shape index (κ2) is 7.23. The molecule has 1 amide bonds. The summed E-state index contributed by atoms with van der Waals surface area (Å²) < 4.78 is 48.1. The number of hydrogen-bond acceptors (Lipinski definition) is 4. The molecule has 26 heavy (non-hydrogen) atoms. The number of halogens is 3. The Bertz CT molecular complexity index is 822. The number of carbonyl (C=O) groups excluding carboxylic acids is 2. The fourth-order valence-electron chi connectivity index (χ4n) is 2.35. The SMILES string of the molecule is Cc1oc(C)c(C(=O)O[C@H](C)C(=O)Nc2ccc(C(F)(F)F)cc2)c1C. The van der Waals surface area contributed by atoms with E-state index in [-0.39, 0.29) is 11.3 Å². The molecule has 0 spiro atoms. The Morgan fingerprint density at radius 1 is 1.08 bits per heavy atom. The molecule has 1 heterocycles. The van der Waals surface area contributed by atoms with E-state index in [2.05, 4.69) is 5.32 Å². The molecule has 0 aliphatic carbocycles. The van der Waals surface area contributed by atoms with Gasteiger partial charge in [-0.15, -0.1) is 0 Å². The highest BCUT2D eigenvalue weighted by Crippen LogP contribution is 2.30. The second-order valence-electron chi connectivity index (χ2n) is 5.83. The molecule has 140 valence electrons. The molecular formula is C18H18F3NO4. The maximum atomic E-state index is 12.5. The number of hydrogen-bond donors (Lipinski definition) is 1. The van der Waals surface area contributed by atoms with Crippen molar-refractivity contribution in [1.82, 2.24) is 0 Å². The molecule has 1 N–H and O–H groups in total. The lowest BCUT2D eigenvalue weighted by molar-refractivity contribution is -0.137. The van der Waals surface area contributed by atoms with E-state index < -0.39 is 29.7 Å². The van der Waals surface area contributed by atoms with E-state index in [0.717, 1.165) is 24.3 Å². The Hall–Kier alpha value is -2.77. The Morgan fingerprint density at radius 3 is 2.12 bits per heavy atom. The van der Waals surface area contributed by atoms with Gasteiger partial charge in [-0.05, 0) is 52.0 Å². The zero-order valence-electron chi connectivity index (χ0n) is 14.7. The lowest BCUT2D eigenvalue weighted by Crippen LogP contribution is -2.30. The third-order valence-electron chi connectivity index (χ3n) is 3.90. The molecule has 1 atom stereocenters. The number of benzene rings is 1. The van der Waals surface area contributed by atoms with Crippen LogP contribution in [0.25, 0.3) is 0 Å². The monoisotopic (exact) mass is 369 g/mol. The van der Waals surface area contributed by atoms with Gasteiger partial charge in [0, 0.05) is 11.3 Å². The first kappa shape index (κ1) is 19.6. The van der Waals surface area contributed by atoms with Gasteiger partial charge in [-0.3, -0.25) is 4.79 Å². The van der Waals surface area contributed by atoms with Gasteiger partial charge < -0.3 is 14.5 Å². The van der Waals surface area contributed by atoms with Gasteiger partial charge in [0.1, 0.15) is 17.1 Å². The molecule has 0 bridgehead atoms. The standard InChI is InChI=1S/C18H18F3NO4/c1-9-10(2)25-11(3)15(9)17(24)26-12(4)16(23)22-14-7-5-13(6-8-14)18(19,20)21/h5-8,12H,1-4H3,(H,22,23)/t12-/m1/s1. The van der Waals surface area contributed by atoms with Crippen LogP contribution in [-0.4, -0.2) is 18.0 Å². The van der Waals surface area contributed by atoms with Crippen molar-refractivity contribution in [3.63, 3.8) is 0 Å². The number of furan rings is 1. The number of nitrogens with one attached hydrogen (secondary N) is 1. The van der Waals surface area contributed by atoms with Crippen molar-refractivity contribution in [2.24, 2.45) is 0 Å². The zero-order chi connectivity index (χ0) is 19.6. The summed E-state index contributed by atoms with van der Waals surface area (Å²) in [5.41, 5.74) is 0.230. The van der Waals surface area contributed by atoms with Crippen LogP contribution in [0.1, 0.15) is 39.9 Å². The minimum absolute atomic E-state index is 0.164. The topological polar surface area (TPSA) is 68.5 Å². The van der Waals surface area contributed by atoms with Crippen molar-refractivity contribution in [3.8, 4) is 0 Å². The van der Waals surface area contributed by atoms with Crippen LogP contribution in [0.2, 0.25) is 0 Å². The van der Waals surface area contributed by atoms with Gasteiger partial charge in [0.05, 0.1) is 5.56 Å². The van der Waals surface area contributed by atoms with Crippen molar-refractivity contribution in [3.05, 3.63) is 52.5 Å². The van der Waals surface area contributed by atoms with Crippen LogP contribution in [0.4, 0.5) is 18.9 Å². The first-order valence-corrected chi connectivity index (χ1v) is 7.76. The van der Waals surface area contributed by atoms with Gasteiger partial charge >= 0.3 is 12.1 Å². The van der Waals surface area contributed by atoms with Gasteiger partial charge in [0.2, 0.25) is 0 Å². The number of aryl methyl sites for hydroxylation is 2. The number of esters is 1. The predicted octanol–water partition coefficient (Wildman–Crippen LogP) is 4.41. The van der Waals surface area contributed by atoms with Crippen LogP contribution in [0.15, 0.2) is 28.7 Å². The molecule has 0 radical (unpaired) electrons. The minimum Gasteiger partial charge on any atom is -0.465 e. The van der Waals surface area contributed by atoms with Gasteiger partial charge in [0.25, 0.3) is 5.91 Å².